The van der Waals surface area contributed by atoms with Crippen molar-refractivity contribution in [3.63, 3.8) is 0 Å². The Bertz CT molecular complexity index is 952. The maximum absolute atomic E-state index is 12.3. The summed E-state index contributed by atoms with van der Waals surface area (Å²) >= 11 is 0. The summed E-state index contributed by atoms with van der Waals surface area (Å²) in [5.41, 5.74) is 3.42. The minimum Gasteiger partial charge on any atom is -0.481 e. The lowest BCUT2D eigenvalue weighted by Gasteiger charge is -2.15. The fraction of sp³-hybridized carbons (Fsp3) is 0.167. The predicted molar refractivity (Wildman–Crippen MR) is 114 cm³/mol. The van der Waals surface area contributed by atoms with E-state index < -0.39 is 6.10 Å². The first-order valence-electron chi connectivity index (χ1n) is 9.47. The molecule has 2 amide bonds. The molecule has 0 radical (unpaired) electrons. The van der Waals surface area contributed by atoms with Crippen LogP contribution in [-0.4, -0.2) is 17.9 Å². The number of nitrogens with one attached hydrogen (secondary N) is 2. The number of ether oxygens (including phenoxy) is 1. The molecule has 0 aliphatic rings. The second-order valence-electron chi connectivity index (χ2n) is 6.81. The largest absolute Gasteiger partial charge is 0.481 e. The smallest absolute Gasteiger partial charge is 0.265 e. The summed E-state index contributed by atoms with van der Waals surface area (Å²) in [4.78, 5) is 24.6. The van der Waals surface area contributed by atoms with Gasteiger partial charge in [-0.25, -0.2) is 0 Å². The number of carbonyl (C=O) groups is 2. The Balaban J connectivity index is 1.51. The van der Waals surface area contributed by atoms with Gasteiger partial charge in [-0.2, -0.15) is 0 Å². The number of anilines is 1. The zero-order chi connectivity index (χ0) is 20.6. The summed E-state index contributed by atoms with van der Waals surface area (Å²) in [5.74, 6) is 0.125. The summed E-state index contributed by atoms with van der Waals surface area (Å²) in [7, 11) is 0. The SMILES string of the molecule is Cc1ccc(NC(=O)[C@H](C)Oc2ccc(C(=O)NCc3ccccc3)cc2)cc1. The summed E-state index contributed by atoms with van der Waals surface area (Å²) < 4.78 is 5.69. The molecule has 0 aromatic heterocycles. The highest BCUT2D eigenvalue weighted by Crippen LogP contribution is 2.15. The predicted octanol–water partition coefficient (Wildman–Crippen LogP) is 4.33. The van der Waals surface area contributed by atoms with Crippen molar-refractivity contribution in [3.8, 4) is 5.75 Å². The minimum atomic E-state index is -0.672. The summed E-state index contributed by atoms with van der Waals surface area (Å²) in [6.07, 6.45) is -0.672. The van der Waals surface area contributed by atoms with Crippen LogP contribution in [0.3, 0.4) is 0 Å². The van der Waals surface area contributed by atoms with Crippen LogP contribution in [0.2, 0.25) is 0 Å². The van der Waals surface area contributed by atoms with Gasteiger partial charge in [0.25, 0.3) is 11.8 Å². The van der Waals surface area contributed by atoms with Crippen molar-refractivity contribution >= 4 is 17.5 Å². The highest BCUT2D eigenvalue weighted by molar-refractivity contribution is 5.95. The summed E-state index contributed by atoms with van der Waals surface area (Å²) in [6, 6.07) is 24.0. The molecule has 1 atom stereocenters. The van der Waals surface area contributed by atoms with Gasteiger partial charge in [0.1, 0.15) is 5.75 Å². The van der Waals surface area contributed by atoms with Crippen LogP contribution < -0.4 is 15.4 Å². The molecule has 0 aliphatic carbocycles. The van der Waals surface area contributed by atoms with Crippen molar-refractivity contribution < 1.29 is 14.3 Å². The Morgan fingerprint density at radius 3 is 2.21 bits per heavy atom. The summed E-state index contributed by atoms with van der Waals surface area (Å²) in [6.45, 7) is 4.14. The van der Waals surface area contributed by atoms with Crippen LogP contribution in [0, 0.1) is 6.92 Å². The molecule has 2 N–H and O–H groups in total. The number of benzene rings is 3. The Hall–Kier alpha value is -3.60. The van der Waals surface area contributed by atoms with E-state index in [1.165, 1.54) is 0 Å². The third-order valence-electron chi connectivity index (χ3n) is 4.41. The molecule has 0 unspecified atom stereocenters. The van der Waals surface area contributed by atoms with Crippen LogP contribution in [-0.2, 0) is 11.3 Å². The van der Waals surface area contributed by atoms with Gasteiger partial charge in [0.15, 0.2) is 6.10 Å². The summed E-state index contributed by atoms with van der Waals surface area (Å²) in [5, 5.41) is 5.70. The van der Waals surface area contributed by atoms with E-state index in [9.17, 15) is 9.59 Å². The molecule has 0 aliphatic heterocycles. The molecular formula is C24H24N2O3. The molecule has 3 aromatic carbocycles. The van der Waals surface area contributed by atoms with Crippen LogP contribution in [0.5, 0.6) is 5.75 Å². The molecule has 3 aromatic rings. The monoisotopic (exact) mass is 388 g/mol. The van der Waals surface area contributed by atoms with Gasteiger partial charge in [-0.05, 0) is 55.8 Å². The topological polar surface area (TPSA) is 67.4 Å². The third kappa shape index (κ3) is 5.94. The molecule has 3 rings (SSSR count). The Kier molecular flexibility index (Phi) is 6.63. The third-order valence-corrected chi connectivity index (χ3v) is 4.41. The highest BCUT2D eigenvalue weighted by atomic mass is 16.5. The van der Waals surface area contributed by atoms with E-state index >= 15 is 0 Å². The lowest BCUT2D eigenvalue weighted by molar-refractivity contribution is -0.122. The molecule has 0 spiro atoms. The average Bonchev–Trinajstić information content (AvgIpc) is 2.75. The Labute approximate surface area is 170 Å². The van der Waals surface area contributed by atoms with Crippen LogP contribution in [0.1, 0.15) is 28.4 Å². The number of aryl methyl sites for hydroxylation is 1. The first kappa shape index (κ1) is 20.1. The van der Waals surface area contributed by atoms with E-state index in [4.69, 9.17) is 4.74 Å². The molecular weight excluding hydrogens is 364 g/mol. The van der Waals surface area contributed by atoms with Crippen molar-refractivity contribution in [2.75, 3.05) is 5.32 Å². The standard InChI is InChI=1S/C24H24N2O3/c1-17-8-12-21(13-9-17)26-23(27)18(2)29-22-14-10-20(11-15-22)24(28)25-16-19-6-4-3-5-7-19/h3-15,18H,16H2,1-2H3,(H,25,28)(H,26,27)/t18-/m0/s1. The number of hydrogen-bond donors (Lipinski definition) is 2. The van der Waals surface area contributed by atoms with E-state index in [1.54, 1.807) is 31.2 Å². The Morgan fingerprint density at radius 2 is 1.55 bits per heavy atom. The van der Waals surface area contributed by atoms with E-state index in [0.29, 0.717) is 17.9 Å². The molecule has 0 fully saturated rings. The molecule has 0 heterocycles. The first-order valence-corrected chi connectivity index (χ1v) is 9.47. The zero-order valence-electron chi connectivity index (χ0n) is 16.5. The number of amides is 2. The van der Waals surface area contributed by atoms with Crippen LogP contribution in [0.25, 0.3) is 0 Å². The van der Waals surface area contributed by atoms with Crippen molar-refractivity contribution in [2.45, 2.75) is 26.5 Å². The Morgan fingerprint density at radius 1 is 0.897 bits per heavy atom. The first-order chi connectivity index (χ1) is 14.0. The average molecular weight is 388 g/mol. The second-order valence-corrected chi connectivity index (χ2v) is 6.81. The van der Waals surface area contributed by atoms with Gasteiger partial charge in [0.05, 0.1) is 0 Å². The van der Waals surface area contributed by atoms with E-state index in [0.717, 1.165) is 16.8 Å². The fourth-order valence-electron chi connectivity index (χ4n) is 2.70. The quantitative estimate of drug-likeness (QED) is 0.633. The normalized spacial score (nSPS) is 11.4. The van der Waals surface area contributed by atoms with Gasteiger partial charge in [-0.1, -0.05) is 48.0 Å². The maximum Gasteiger partial charge on any atom is 0.265 e. The number of rotatable bonds is 7. The van der Waals surface area contributed by atoms with Gasteiger partial charge in [0, 0.05) is 17.8 Å². The lowest BCUT2D eigenvalue weighted by Crippen LogP contribution is -2.30. The molecule has 5 heteroatoms. The molecule has 0 bridgehead atoms. The molecule has 29 heavy (non-hydrogen) atoms. The van der Waals surface area contributed by atoms with Crippen LogP contribution in [0.4, 0.5) is 5.69 Å². The van der Waals surface area contributed by atoms with Gasteiger partial charge >= 0.3 is 0 Å². The van der Waals surface area contributed by atoms with Crippen molar-refractivity contribution in [1.82, 2.24) is 5.32 Å². The molecule has 5 nitrogen and oxygen atoms in total. The van der Waals surface area contributed by atoms with Gasteiger partial charge in [-0.3, -0.25) is 9.59 Å². The van der Waals surface area contributed by atoms with Gasteiger partial charge < -0.3 is 15.4 Å². The van der Waals surface area contributed by atoms with Gasteiger partial charge in [0.2, 0.25) is 0 Å². The molecule has 0 saturated carbocycles. The van der Waals surface area contributed by atoms with Crippen LogP contribution >= 0.6 is 0 Å². The van der Waals surface area contributed by atoms with Gasteiger partial charge in [-0.15, -0.1) is 0 Å². The maximum atomic E-state index is 12.3. The van der Waals surface area contributed by atoms with E-state index in [1.807, 2.05) is 61.5 Å². The fourth-order valence-corrected chi connectivity index (χ4v) is 2.70. The van der Waals surface area contributed by atoms with E-state index in [2.05, 4.69) is 10.6 Å². The second kappa shape index (κ2) is 9.55. The van der Waals surface area contributed by atoms with Crippen molar-refractivity contribution in [1.29, 1.82) is 0 Å². The minimum absolute atomic E-state index is 0.162. The lowest BCUT2D eigenvalue weighted by atomic mass is 10.2. The number of carbonyl (C=O) groups excluding carboxylic acids is 2. The van der Waals surface area contributed by atoms with Crippen LogP contribution in [0.15, 0.2) is 78.9 Å². The number of hydrogen-bond acceptors (Lipinski definition) is 3. The molecule has 0 saturated heterocycles. The van der Waals surface area contributed by atoms with Crippen molar-refractivity contribution in [3.05, 3.63) is 95.6 Å². The van der Waals surface area contributed by atoms with Crippen molar-refractivity contribution in [2.24, 2.45) is 0 Å². The zero-order valence-corrected chi connectivity index (χ0v) is 16.5. The highest BCUT2D eigenvalue weighted by Gasteiger charge is 2.15. The van der Waals surface area contributed by atoms with E-state index in [-0.39, 0.29) is 11.8 Å². The molecule has 148 valence electrons.